The number of benzene rings is 2. The first-order valence-corrected chi connectivity index (χ1v) is 9.64. The number of ether oxygens (including phenoxy) is 1. The first kappa shape index (κ1) is 22.0. The first-order chi connectivity index (χ1) is 14.8. The predicted octanol–water partition coefficient (Wildman–Crippen LogP) is 3.65. The number of carboxylic acid groups (broad SMARTS) is 2. The SMILES string of the molecule is C=C(c1ccc(F)cc1)[C@H]1CN(C(=O)OCc2ccccc2)[C@H](C(=O)O)[C@H]1CC(=O)O. The van der Waals surface area contributed by atoms with Crippen LogP contribution in [0.5, 0.6) is 0 Å². The zero-order valence-electron chi connectivity index (χ0n) is 16.6. The monoisotopic (exact) mass is 427 g/mol. The Balaban J connectivity index is 1.85. The zero-order chi connectivity index (χ0) is 22.5. The number of nitrogens with zero attached hydrogens (tertiary/aromatic N) is 1. The molecule has 0 saturated carbocycles. The standard InChI is InChI=1S/C23H22FNO6/c1-14(16-7-9-17(24)10-8-16)19-12-25(21(22(28)29)18(19)11-20(26)27)23(30)31-13-15-5-3-2-4-6-15/h2-10,18-19,21H,1,11-13H2,(H,26,27)(H,28,29)/t18-,19+,21-/m0/s1. The maximum atomic E-state index is 13.3. The van der Waals surface area contributed by atoms with E-state index in [1.54, 1.807) is 24.3 Å². The van der Waals surface area contributed by atoms with Crippen molar-refractivity contribution in [3.63, 3.8) is 0 Å². The number of hydrogen-bond donors (Lipinski definition) is 2. The van der Waals surface area contributed by atoms with Crippen molar-refractivity contribution in [1.82, 2.24) is 4.90 Å². The maximum absolute atomic E-state index is 13.3. The number of aliphatic carboxylic acids is 2. The number of hydrogen-bond acceptors (Lipinski definition) is 4. The lowest BCUT2D eigenvalue weighted by atomic mass is 9.81. The van der Waals surface area contributed by atoms with E-state index in [0.29, 0.717) is 11.1 Å². The smallest absolute Gasteiger partial charge is 0.410 e. The van der Waals surface area contributed by atoms with Gasteiger partial charge in [-0.25, -0.2) is 14.0 Å². The van der Waals surface area contributed by atoms with Gasteiger partial charge in [-0.3, -0.25) is 9.69 Å². The highest BCUT2D eigenvalue weighted by molar-refractivity contribution is 5.84. The molecular weight excluding hydrogens is 405 g/mol. The number of likely N-dealkylation sites (tertiary alicyclic amines) is 1. The van der Waals surface area contributed by atoms with E-state index < -0.39 is 48.1 Å². The molecule has 2 aromatic carbocycles. The summed E-state index contributed by atoms with van der Waals surface area (Å²) < 4.78 is 18.6. The van der Waals surface area contributed by atoms with Gasteiger partial charge in [0.15, 0.2) is 0 Å². The van der Waals surface area contributed by atoms with E-state index in [9.17, 15) is 29.0 Å². The lowest BCUT2D eigenvalue weighted by molar-refractivity contribution is -0.144. The Kier molecular flexibility index (Phi) is 6.69. The number of rotatable bonds is 7. The zero-order valence-corrected chi connectivity index (χ0v) is 16.6. The van der Waals surface area contributed by atoms with E-state index in [1.165, 1.54) is 24.3 Å². The van der Waals surface area contributed by atoms with Crippen LogP contribution in [0.1, 0.15) is 17.5 Å². The van der Waals surface area contributed by atoms with Crippen LogP contribution in [-0.4, -0.2) is 45.7 Å². The summed E-state index contributed by atoms with van der Waals surface area (Å²) in [4.78, 5) is 37.2. The quantitative estimate of drug-likeness (QED) is 0.699. The fraction of sp³-hybridized carbons (Fsp3) is 0.261. The van der Waals surface area contributed by atoms with Gasteiger partial charge in [0.25, 0.3) is 0 Å². The van der Waals surface area contributed by atoms with Gasteiger partial charge in [-0.05, 0) is 28.8 Å². The van der Waals surface area contributed by atoms with Gasteiger partial charge in [0.2, 0.25) is 0 Å². The van der Waals surface area contributed by atoms with Crippen molar-refractivity contribution in [3.05, 3.63) is 78.1 Å². The summed E-state index contributed by atoms with van der Waals surface area (Å²) in [5.74, 6) is -4.52. The molecule has 7 nitrogen and oxygen atoms in total. The minimum Gasteiger partial charge on any atom is -0.481 e. The van der Waals surface area contributed by atoms with E-state index in [0.717, 1.165) is 10.5 Å². The predicted molar refractivity (Wildman–Crippen MR) is 109 cm³/mol. The van der Waals surface area contributed by atoms with Crippen LogP contribution in [0.3, 0.4) is 0 Å². The largest absolute Gasteiger partial charge is 0.481 e. The summed E-state index contributed by atoms with van der Waals surface area (Å²) in [5.41, 5.74) is 1.72. The molecule has 1 amide bonds. The molecule has 3 rings (SSSR count). The summed E-state index contributed by atoms with van der Waals surface area (Å²) in [6.45, 7) is 3.87. The van der Waals surface area contributed by atoms with Crippen LogP contribution < -0.4 is 0 Å². The molecule has 1 fully saturated rings. The van der Waals surface area contributed by atoms with E-state index in [-0.39, 0.29) is 13.2 Å². The molecule has 2 N–H and O–H groups in total. The normalized spacial score (nSPS) is 20.3. The molecule has 0 aromatic heterocycles. The topological polar surface area (TPSA) is 104 Å². The van der Waals surface area contributed by atoms with Gasteiger partial charge in [0.05, 0.1) is 6.42 Å². The summed E-state index contributed by atoms with van der Waals surface area (Å²) in [6.07, 6.45) is -1.31. The van der Waals surface area contributed by atoms with E-state index >= 15 is 0 Å². The van der Waals surface area contributed by atoms with Gasteiger partial charge < -0.3 is 14.9 Å². The molecule has 0 spiro atoms. The molecule has 1 aliphatic rings. The summed E-state index contributed by atoms with van der Waals surface area (Å²) in [6, 6.07) is 13.0. The Morgan fingerprint density at radius 1 is 1.06 bits per heavy atom. The minimum atomic E-state index is -1.39. The van der Waals surface area contributed by atoms with Gasteiger partial charge >= 0.3 is 18.0 Å². The number of carbonyl (C=O) groups is 3. The van der Waals surface area contributed by atoms with Crippen molar-refractivity contribution in [2.75, 3.05) is 6.54 Å². The van der Waals surface area contributed by atoms with Crippen molar-refractivity contribution in [3.8, 4) is 0 Å². The Morgan fingerprint density at radius 2 is 1.71 bits per heavy atom. The molecule has 1 saturated heterocycles. The van der Waals surface area contributed by atoms with Crippen molar-refractivity contribution >= 4 is 23.6 Å². The molecule has 162 valence electrons. The molecule has 1 aliphatic heterocycles. The lowest BCUT2D eigenvalue weighted by Crippen LogP contribution is -2.44. The van der Waals surface area contributed by atoms with Gasteiger partial charge in [-0.15, -0.1) is 0 Å². The average Bonchev–Trinajstić information content (AvgIpc) is 3.11. The van der Waals surface area contributed by atoms with Crippen LogP contribution in [0.4, 0.5) is 9.18 Å². The van der Waals surface area contributed by atoms with Gasteiger partial charge in [0, 0.05) is 18.4 Å². The fourth-order valence-corrected chi connectivity index (χ4v) is 3.92. The van der Waals surface area contributed by atoms with Crippen LogP contribution in [0.15, 0.2) is 61.2 Å². The first-order valence-electron chi connectivity index (χ1n) is 9.64. The number of carbonyl (C=O) groups excluding carboxylic acids is 1. The van der Waals surface area contributed by atoms with Crippen LogP contribution >= 0.6 is 0 Å². The third-order valence-corrected chi connectivity index (χ3v) is 5.42. The molecule has 2 aromatic rings. The maximum Gasteiger partial charge on any atom is 0.410 e. The summed E-state index contributed by atoms with van der Waals surface area (Å²) in [5, 5.41) is 19.1. The van der Waals surface area contributed by atoms with Gasteiger partial charge in [0.1, 0.15) is 18.5 Å². The van der Waals surface area contributed by atoms with Crippen molar-refractivity contribution in [1.29, 1.82) is 0 Å². The molecule has 0 unspecified atom stereocenters. The van der Waals surface area contributed by atoms with E-state index in [4.69, 9.17) is 4.74 Å². The van der Waals surface area contributed by atoms with Gasteiger partial charge in [-0.2, -0.15) is 0 Å². The molecule has 3 atom stereocenters. The highest BCUT2D eigenvalue weighted by atomic mass is 19.1. The number of carboxylic acids is 2. The van der Waals surface area contributed by atoms with Crippen LogP contribution in [0.25, 0.3) is 5.57 Å². The molecule has 1 heterocycles. The molecule has 0 aliphatic carbocycles. The van der Waals surface area contributed by atoms with Crippen molar-refractivity contribution in [2.24, 2.45) is 11.8 Å². The van der Waals surface area contributed by atoms with Crippen LogP contribution in [0.2, 0.25) is 0 Å². The highest BCUT2D eigenvalue weighted by Gasteiger charge is 2.50. The Labute approximate surface area is 178 Å². The minimum absolute atomic E-state index is 0.0459. The van der Waals surface area contributed by atoms with Crippen molar-refractivity contribution in [2.45, 2.75) is 19.1 Å². The molecule has 31 heavy (non-hydrogen) atoms. The Bertz CT molecular complexity index is 975. The summed E-state index contributed by atoms with van der Waals surface area (Å²) >= 11 is 0. The molecule has 0 radical (unpaired) electrons. The highest BCUT2D eigenvalue weighted by Crippen LogP contribution is 2.40. The summed E-state index contributed by atoms with van der Waals surface area (Å²) in [7, 11) is 0. The second kappa shape index (κ2) is 9.42. The fourth-order valence-electron chi connectivity index (χ4n) is 3.92. The third-order valence-electron chi connectivity index (χ3n) is 5.42. The van der Waals surface area contributed by atoms with Crippen LogP contribution in [-0.2, 0) is 20.9 Å². The van der Waals surface area contributed by atoms with Crippen molar-refractivity contribution < 1.29 is 33.7 Å². The van der Waals surface area contributed by atoms with Crippen LogP contribution in [0, 0.1) is 17.7 Å². The number of halogens is 1. The Hall–Kier alpha value is -3.68. The van der Waals surface area contributed by atoms with Gasteiger partial charge in [-0.1, -0.05) is 49.0 Å². The lowest BCUT2D eigenvalue weighted by Gasteiger charge is -2.24. The number of amides is 1. The average molecular weight is 427 g/mol. The Morgan fingerprint density at radius 3 is 2.29 bits per heavy atom. The molecule has 8 heteroatoms. The second-order valence-electron chi connectivity index (χ2n) is 7.38. The third kappa shape index (κ3) is 5.09. The molecular formula is C23H22FNO6. The van der Waals surface area contributed by atoms with E-state index in [2.05, 4.69) is 6.58 Å². The van der Waals surface area contributed by atoms with E-state index in [1.807, 2.05) is 6.07 Å². The molecule has 0 bridgehead atoms. The second-order valence-corrected chi connectivity index (χ2v) is 7.38.